The molecule has 0 aromatic heterocycles. The summed E-state index contributed by atoms with van der Waals surface area (Å²) in [5.41, 5.74) is 0.412. The van der Waals surface area contributed by atoms with E-state index >= 15 is 0 Å². The summed E-state index contributed by atoms with van der Waals surface area (Å²) in [6, 6.07) is 10.8. The van der Waals surface area contributed by atoms with Gasteiger partial charge in [-0.05, 0) is 42.5 Å². The Morgan fingerprint density at radius 1 is 1.13 bits per heavy atom. The van der Waals surface area contributed by atoms with Gasteiger partial charge in [0.25, 0.3) is 10.0 Å². The third kappa shape index (κ3) is 3.80. The van der Waals surface area contributed by atoms with Crippen molar-refractivity contribution in [1.29, 1.82) is 0 Å². The van der Waals surface area contributed by atoms with Crippen molar-refractivity contribution >= 4 is 38.9 Å². The number of sulfonamides is 1. The van der Waals surface area contributed by atoms with E-state index in [1.54, 1.807) is 24.3 Å². The molecule has 0 spiro atoms. The number of methoxy groups -OCH3 is 1. The average molecular weight is 372 g/mol. The molecule has 0 atom stereocenters. The van der Waals surface area contributed by atoms with E-state index in [1.807, 2.05) is 0 Å². The lowest BCUT2D eigenvalue weighted by Crippen LogP contribution is -2.31. The van der Waals surface area contributed by atoms with E-state index in [4.69, 9.17) is 27.9 Å². The molecule has 0 aliphatic carbocycles. The van der Waals surface area contributed by atoms with Crippen LogP contribution in [0.1, 0.15) is 0 Å². The van der Waals surface area contributed by atoms with Crippen molar-refractivity contribution in [1.82, 2.24) is 0 Å². The molecule has 0 heterocycles. The van der Waals surface area contributed by atoms with Crippen LogP contribution in [0.4, 0.5) is 5.69 Å². The third-order valence-corrected chi connectivity index (χ3v) is 5.68. The molecule has 0 amide bonds. The summed E-state index contributed by atoms with van der Waals surface area (Å²) >= 11 is 11.9. The maximum atomic E-state index is 12.9. The Kier molecular flexibility index (Phi) is 5.57. The van der Waals surface area contributed by atoms with Crippen LogP contribution in [-0.2, 0) is 10.0 Å². The Bertz CT molecular complexity index is 805. The molecule has 0 N–H and O–H groups in total. The summed E-state index contributed by atoms with van der Waals surface area (Å²) in [5.74, 6) is 0.578. The Hall–Kier alpha value is -1.69. The zero-order chi connectivity index (χ0) is 17.0. The molecule has 0 bridgehead atoms. The number of nitrogens with zero attached hydrogens (tertiary/aromatic N) is 1. The highest BCUT2D eigenvalue weighted by atomic mass is 35.5. The number of anilines is 1. The van der Waals surface area contributed by atoms with E-state index < -0.39 is 10.0 Å². The highest BCUT2D eigenvalue weighted by Crippen LogP contribution is 2.30. The molecule has 0 unspecified atom stereocenters. The molecule has 0 aliphatic rings. The van der Waals surface area contributed by atoms with Crippen molar-refractivity contribution in [2.45, 2.75) is 4.90 Å². The van der Waals surface area contributed by atoms with Gasteiger partial charge in [0.15, 0.2) is 0 Å². The summed E-state index contributed by atoms with van der Waals surface area (Å²) < 4.78 is 32.0. The number of hydrogen-bond acceptors (Lipinski definition) is 3. The van der Waals surface area contributed by atoms with E-state index in [-0.39, 0.29) is 16.5 Å². The van der Waals surface area contributed by atoms with Crippen LogP contribution in [-0.4, -0.2) is 22.1 Å². The first-order valence-corrected chi connectivity index (χ1v) is 8.82. The van der Waals surface area contributed by atoms with Crippen molar-refractivity contribution < 1.29 is 13.2 Å². The van der Waals surface area contributed by atoms with Gasteiger partial charge in [-0.25, -0.2) is 8.42 Å². The van der Waals surface area contributed by atoms with Crippen LogP contribution in [0, 0.1) is 0 Å². The highest BCUT2D eigenvalue weighted by molar-refractivity contribution is 7.92. The van der Waals surface area contributed by atoms with Crippen molar-refractivity contribution in [2.75, 3.05) is 18.0 Å². The maximum absolute atomic E-state index is 12.9. The molecule has 0 saturated heterocycles. The normalized spacial score (nSPS) is 11.1. The van der Waals surface area contributed by atoms with Crippen molar-refractivity contribution in [3.05, 3.63) is 65.2 Å². The van der Waals surface area contributed by atoms with Gasteiger partial charge in [0.05, 0.1) is 34.3 Å². The second kappa shape index (κ2) is 7.25. The molecule has 7 heteroatoms. The van der Waals surface area contributed by atoms with Crippen molar-refractivity contribution in [2.24, 2.45) is 0 Å². The maximum Gasteiger partial charge on any atom is 0.264 e. The van der Waals surface area contributed by atoms with E-state index in [0.29, 0.717) is 16.5 Å². The Labute approximate surface area is 145 Å². The molecule has 0 fully saturated rings. The predicted octanol–water partition coefficient (Wildman–Crippen LogP) is 4.38. The number of hydrogen-bond donors (Lipinski definition) is 0. The number of rotatable bonds is 6. The largest absolute Gasteiger partial charge is 0.497 e. The average Bonchev–Trinajstić information content (AvgIpc) is 2.55. The van der Waals surface area contributed by atoms with Crippen LogP contribution in [0.15, 0.2) is 60.0 Å². The molecular formula is C16H15Cl2NO3S. The first-order chi connectivity index (χ1) is 10.9. The summed E-state index contributed by atoms with van der Waals surface area (Å²) in [5, 5.41) is 0.638. The summed E-state index contributed by atoms with van der Waals surface area (Å²) in [4.78, 5) is 0.145. The summed E-state index contributed by atoms with van der Waals surface area (Å²) in [7, 11) is -2.25. The van der Waals surface area contributed by atoms with Gasteiger partial charge in [-0.3, -0.25) is 4.31 Å². The topological polar surface area (TPSA) is 46.6 Å². The third-order valence-electron chi connectivity index (χ3n) is 3.13. The fourth-order valence-corrected chi connectivity index (χ4v) is 3.69. The van der Waals surface area contributed by atoms with Crippen LogP contribution in [0.2, 0.25) is 10.0 Å². The van der Waals surface area contributed by atoms with Gasteiger partial charge < -0.3 is 4.74 Å². The van der Waals surface area contributed by atoms with Gasteiger partial charge in [-0.2, -0.15) is 0 Å². The zero-order valence-corrected chi connectivity index (χ0v) is 14.7. The number of benzene rings is 2. The second-order valence-electron chi connectivity index (χ2n) is 4.60. The molecule has 2 aromatic carbocycles. The Balaban J connectivity index is 2.49. The van der Waals surface area contributed by atoms with Crippen molar-refractivity contribution in [3.8, 4) is 5.75 Å². The Morgan fingerprint density at radius 3 is 2.30 bits per heavy atom. The van der Waals surface area contributed by atoms with Gasteiger partial charge in [0.2, 0.25) is 0 Å². The lowest BCUT2D eigenvalue weighted by Gasteiger charge is -2.23. The van der Waals surface area contributed by atoms with E-state index in [9.17, 15) is 8.42 Å². The Morgan fingerprint density at radius 2 is 1.78 bits per heavy atom. The fraction of sp³-hybridized carbons (Fsp3) is 0.125. The molecule has 2 rings (SSSR count). The molecule has 0 aliphatic heterocycles. The predicted molar refractivity (Wildman–Crippen MR) is 94.2 cm³/mol. The lowest BCUT2D eigenvalue weighted by atomic mass is 10.3. The molecule has 0 saturated carbocycles. The highest BCUT2D eigenvalue weighted by Gasteiger charge is 2.24. The number of halogens is 2. The molecule has 23 heavy (non-hydrogen) atoms. The van der Waals surface area contributed by atoms with Gasteiger partial charge >= 0.3 is 0 Å². The lowest BCUT2D eigenvalue weighted by molar-refractivity contribution is 0.414. The SMILES string of the molecule is C=CCN(c1ccc(Cl)c(Cl)c1)S(=O)(=O)c1ccc(OC)cc1. The molecule has 2 aromatic rings. The molecule has 4 nitrogen and oxygen atoms in total. The van der Waals surface area contributed by atoms with Crippen LogP contribution >= 0.6 is 23.2 Å². The fourth-order valence-electron chi connectivity index (χ4n) is 1.97. The quantitative estimate of drug-likeness (QED) is 0.707. The van der Waals surface area contributed by atoms with Crippen LogP contribution in [0.3, 0.4) is 0 Å². The van der Waals surface area contributed by atoms with Gasteiger partial charge in [0.1, 0.15) is 5.75 Å². The first kappa shape index (κ1) is 17.7. The summed E-state index contributed by atoms with van der Waals surface area (Å²) in [6.07, 6.45) is 1.50. The van der Waals surface area contributed by atoms with E-state index in [0.717, 1.165) is 0 Å². The second-order valence-corrected chi connectivity index (χ2v) is 7.28. The van der Waals surface area contributed by atoms with Crippen LogP contribution < -0.4 is 9.04 Å². The van der Waals surface area contributed by atoms with E-state index in [1.165, 1.54) is 35.7 Å². The van der Waals surface area contributed by atoms with Crippen LogP contribution in [0.25, 0.3) is 0 Å². The minimum atomic E-state index is -3.77. The molecular weight excluding hydrogens is 357 g/mol. The minimum absolute atomic E-state index is 0.103. The smallest absolute Gasteiger partial charge is 0.264 e. The summed E-state index contributed by atoms with van der Waals surface area (Å²) in [6.45, 7) is 3.72. The van der Waals surface area contributed by atoms with Gasteiger partial charge in [-0.15, -0.1) is 6.58 Å². The van der Waals surface area contributed by atoms with E-state index in [2.05, 4.69) is 6.58 Å². The van der Waals surface area contributed by atoms with Gasteiger partial charge in [0, 0.05) is 0 Å². The zero-order valence-electron chi connectivity index (χ0n) is 12.4. The standard InChI is InChI=1S/C16H15Cl2NO3S/c1-3-10-19(12-4-9-15(17)16(18)11-12)23(20,21)14-7-5-13(22-2)6-8-14/h3-9,11H,1,10H2,2H3. The first-order valence-electron chi connectivity index (χ1n) is 6.63. The monoisotopic (exact) mass is 371 g/mol. The van der Waals surface area contributed by atoms with Crippen LogP contribution in [0.5, 0.6) is 5.75 Å². The number of ether oxygens (including phenoxy) is 1. The van der Waals surface area contributed by atoms with Crippen molar-refractivity contribution in [3.63, 3.8) is 0 Å². The minimum Gasteiger partial charge on any atom is -0.497 e. The molecule has 0 radical (unpaired) electrons. The van der Waals surface area contributed by atoms with Gasteiger partial charge in [-0.1, -0.05) is 29.3 Å². The molecule has 122 valence electrons.